The normalized spacial score (nSPS) is 12.0. The van der Waals surface area contributed by atoms with Crippen LogP contribution in [0.1, 0.15) is 117 Å². The quantitative estimate of drug-likeness (QED) is 0.208. The molecule has 0 saturated heterocycles. The SMILES string of the molecule is CCCCCC(CC)OC(=O)CCCCCCCCC(=O)OCCCC. The summed E-state index contributed by atoms with van der Waals surface area (Å²) >= 11 is 0. The van der Waals surface area contributed by atoms with Gasteiger partial charge in [-0.05, 0) is 38.5 Å². The lowest BCUT2D eigenvalue weighted by Gasteiger charge is -2.16. The van der Waals surface area contributed by atoms with Gasteiger partial charge >= 0.3 is 11.9 Å². The van der Waals surface area contributed by atoms with Crippen LogP contribution in [0.3, 0.4) is 0 Å². The Bertz CT molecular complexity index is 341. The summed E-state index contributed by atoms with van der Waals surface area (Å²) in [6.45, 7) is 6.92. The molecule has 26 heavy (non-hydrogen) atoms. The molecule has 0 aromatic rings. The van der Waals surface area contributed by atoms with Crippen molar-refractivity contribution < 1.29 is 19.1 Å². The molecular formula is C22H42O4. The zero-order valence-electron chi connectivity index (χ0n) is 17.5. The minimum atomic E-state index is -0.0642. The van der Waals surface area contributed by atoms with Crippen molar-refractivity contribution >= 4 is 11.9 Å². The second kappa shape index (κ2) is 18.7. The fourth-order valence-corrected chi connectivity index (χ4v) is 2.86. The highest BCUT2D eigenvalue weighted by molar-refractivity contribution is 5.69. The lowest BCUT2D eigenvalue weighted by Crippen LogP contribution is -2.17. The van der Waals surface area contributed by atoms with Gasteiger partial charge < -0.3 is 9.47 Å². The van der Waals surface area contributed by atoms with Gasteiger partial charge in [0, 0.05) is 12.8 Å². The fourth-order valence-electron chi connectivity index (χ4n) is 2.86. The summed E-state index contributed by atoms with van der Waals surface area (Å²) < 4.78 is 10.7. The van der Waals surface area contributed by atoms with Crippen LogP contribution in [0, 0.1) is 0 Å². The predicted octanol–water partition coefficient (Wildman–Crippen LogP) is 6.35. The summed E-state index contributed by atoms with van der Waals surface area (Å²) in [6, 6.07) is 0. The molecule has 4 nitrogen and oxygen atoms in total. The molecule has 0 aliphatic rings. The van der Waals surface area contributed by atoms with E-state index in [1.165, 1.54) is 12.8 Å². The molecule has 0 amide bonds. The third-order valence-corrected chi connectivity index (χ3v) is 4.66. The average molecular weight is 371 g/mol. The molecule has 0 rings (SSSR count). The van der Waals surface area contributed by atoms with Crippen molar-refractivity contribution in [3.8, 4) is 0 Å². The van der Waals surface area contributed by atoms with E-state index in [-0.39, 0.29) is 18.0 Å². The van der Waals surface area contributed by atoms with Crippen LogP contribution in [-0.2, 0) is 19.1 Å². The molecule has 0 fully saturated rings. The van der Waals surface area contributed by atoms with Crippen LogP contribution in [0.2, 0.25) is 0 Å². The zero-order chi connectivity index (χ0) is 19.5. The lowest BCUT2D eigenvalue weighted by molar-refractivity contribution is -0.149. The molecule has 0 aromatic carbocycles. The standard InChI is InChI=1S/C22H42O4/c1-4-7-13-16-20(6-3)26-22(24)18-15-12-10-9-11-14-17-21(23)25-19-8-5-2/h20H,4-19H2,1-3H3. The molecule has 0 bridgehead atoms. The highest BCUT2D eigenvalue weighted by Gasteiger charge is 2.11. The predicted molar refractivity (Wildman–Crippen MR) is 107 cm³/mol. The maximum absolute atomic E-state index is 11.9. The van der Waals surface area contributed by atoms with Gasteiger partial charge in [0.05, 0.1) is 6.61 Å². The molecule has 154 valence electrons. The number of carbonyl (C=O) groups excluding carboxylic acids is 2. The van der Waals surface area contributed by atoms with Crippen LogP contribution < -0.4 is 0 Å². The summed E-state index contributed by atoms with van der Waals surface area (Å²) in [6.07, 6.45) is 14.8. The molecule has 0 spiro atoms. The van der Waals surface area contributed by atoms with Crippen LogP contribution in [0.4, 0.5) is 0 Å². The zero-order valence-corrected chi connectivity index (χ0v) is 17.5. The monoisotopic (exact) mass is 370 g/mol. The lowest BCUT2D eigenvalue weighted by atomic mass is 10.1. The van der Waals surface area contributed by atoms with E-state index in [4.69, 9.17) is 9.47 Å². The van der Waals surface area contributed by atoms with Crippen LogP contribution in [0.5, 0.6) is 0 Å². The van der Waals surface area contributed by atoms with Crippen molar-refractivity contribution in [2.75, 3.05) is 6.61 Å². The van der Waals surface area contributed by atoms with E-state index >= 15 is 0 Å². The Morgan fingerprint density at radius 2 is 1.27 bits per heavy atom. The number of carbonyl (C=O) groups is 2. The third-order valence-electron chi connectivity index (χ3n) is 4.66. The van der Waals surface area contributed by atoms with E-state index in [0.717, 1.165) is 70.6 Å². The summed E-state index contributed by atoms with van der Waals surface area (Å²) in [4.78, 5) is 23.3. The first-order valence-electron chi connectivity index (χ1n) is 11.0. The summed E-state index contributed by atoms with van der Waals surface area (Å²) in [5.41, 5.74) is 0. The van der Waals surface area contributed by atoms with Crippen LogP contribution >= 0.6 is 0 Å². The molecule has 0 aliphatic heterocycles. The molecule has 1 atom stereocenters. The van der Waals surface area contributed by atoms with Gasteiger partial charge in [0.25, 0.3) is 0 Å². The highest BCUT2D eigenvalue weighted by atomic mass is 16.5. The molecule has 0 heterocycles. The van der Waals surface area contributed by atoms with Gasteiger partial charge in [-0.2, -0.15) is 0 Å². The molecular weight excluding hydrogens is 328 g/mol. The van der Waals surface area contributed by atoms with Crippen molar-refractivity contribution in [2.24, 2.45) is 0 Å². The number of ether oxygens (including phenoxy) is 2. The van der Waals surface area contributed by atoms with E-state index in [2.05, 4.69) is 20.8 Å². The Morgan fingerprint density at radius 3 is 1.85 bits per heavy atom. The number of hydrogen-bond donors (Lipinski definition) is 0. The first kappa shape index (κ1) is 24.9. The molecule has 0 aliphatic carbocycles. The number of unbranched alkanes of at least 4 members (excludes halogenated alkanes) is 8. The van der Waals surface area contributed by atoms with Gasteiger partial charge in [-0.25, -0.2) is 0 Å². The van der Waals surface area contributed by atoms with E-state index in [9.17, 15) is 9.59 Å². The second-order valence-electron chi connectivity index (χ2n) is 7.21. The fraction of sp³-hybridized carbons (Fsp3) is 0.909. The van der Waals surface area contributed by atoms with Crippen molar-refractivity contribution in [1.29, 1.82) is 0 Å². The minimum Gasteiger partial charge on any atom is -0.466 e. The van der Waals surface area contributed by atoms with Gasteiger partial charge in [0.1, 0.15) is 6.10 Å². The molecule has 4 heteroatoms. The largest absolute Gasteiger partial charge is 0.466 e. The molecule has 0 aromatic heterocycles. The van der Waals surface area contributed by atoms with E-state index in [0.29, 0.717) is 19.4 Å². The number of esters is 2. The molecule has 1 unspecified atom stereocenters. The maximum atomic E-state index is 11.9. The molecule has 0 saturated carbocycles. The van der Waals surface area contributed by atoms with Gasteiger partial charge in [-0.1, -0.05) is 65.7 Å². The van der Waals surface area contributed by atoms with Crippen LogP contribution in [0.25, 0.3) is 0 Å². The van der Waals surface area contributed by atoms with Crippen molar-refractivity contribution in [2.45, 2.75) is 123 Å². The van der Waals surface area contributed by atoms with Gasteiger partial charge in [-0.15, -0.1) is 0 Å². The minimum absolute atomic E-state index is 0.0387. The first-order valence-corrected chi connectivity index (χ1v) is 11.0. The van der Waals surface area contributed by atoms with Crippen LogP contribution in [0.15, 0.2) is 0 Å². The topological polar surface area (TPSA) is 52.6 Å². The number of hydrogen-bond acceptors (Lipinski definition) is 4. The highest BCUT2D eigenvalue weighted by Crippen LogP contribution is 2.13. The van der Waals surface area contributed by atoms with Gasteiger partial charge in [-0.3, -0.25) is 9.59 Å². The Hall–Kier alpha value is -1.06. The Kier molecular flexibility index (Phi) is 18.0. The Labute approximate surface area is 161 Å². The van der Waals surface area contributed by atoms with Crippen molar-refractivity contribution in [3.05, 3.63) is 0 Å². The summed E-state index contributed by atoms with van der Waals surface area (Å²) in [5.74, 6) is -0.103. The van der Waals surface area contributed by atoms with Gasteiger partial charge in [0.2, 0.25) is 0 Å². The first-order chi connectivity index (χ1) is 12.6. The van der Waals surface area contributed by atoms with E-state index < -0.39 is 0 Å². The van der Waals surface area contributed by atoms with E-state index in [1.54, 1.807) is 0 Å². The Morgan fingerprint density at radius 1 is 0.692 bits per heavy atom. The number of rotatable bonds is 18. The van der Waals surface area contributed by atoms with Crippen molar-refractivity contribution in [1.82, 2.24) is 0 Å². The average Bonchev–Trinajstić information content (AvgIpc) is 2.63. The van der Waals surface area contributed by atoms with E-state index in [1.807, 2.05) is 0 Å². The third kappa shape index (κ3) is 16.4. The second-order valence-corrected chi connectivity index (χ2v) is 7.21. The molecule has 0 N–H and O–H groups in total. The van der Waals surface area contributed by atoms with Crippen molar-refractivity contribution in [3.63, 3.8) is 0 Å². The summed E-state index contributed by atoms with van der Waals surface area (Å²) in [7, 11) is 0. The van der Waals surface area contributed by atoms with Crippen LogP contribution in [-0.4, -0.2) is 24.6 Å². The summed E-state index contributed by atoms with van der Waals surface area (Å²) in [5, 5.41) is 0. The van der Waals surface area contributed by atoms with Gasteiger partial charge in [0.15, 0.2) is 0 Å². The maximum Gasteiger partial charge on any atom is 0.306 e. The molecule has 0 radical (unpaired) electrons. The smallest absolute Gasteiger partial charge is 0.306 e. The Balaban J connectivity index is 3.48.